The first-order chi connectivity index (χ1) is 9.02. The Morgan fingerprint density at radius 3 is 2.47 bits per heavy atom. The van der Waals surface area contributed by atoms with Gasteiger partial charge in [-0.05, 0) is 36.6 Å². The van der Waals surface area contributed by atoms with Crippen LogP contribution >= 0.6 is 0 Å². The fourth-order valence-corrected chi connectivity index (χ4v) is 2.75. The summed E-state index contributed by atoms with van der Waals surface area (Å²) in [7, 11) is 4.05. The molecule has 0 aliphatic carbocycles. The number of hydrogen-bond donors (Lipinski definition) is 1. The number of benzene rings is 1. The molecule has 2 atom stereocenters. The van der Waals surface area contributed by atoms with E-state index in [0.29, 0.717) is 12.5 Å². The molecular weight excluding hydrogens is 238 g/mol. The normalized spacial score (nSPS) is 22.6. The van der Waals surface area contributed by atoms with Gasteiger partial charge in [0.25, 0.3) is 0 Å². The number of likely N-dealkylation sites (tertiary alicyclic amines) is 1. The number of hydrogen-bond acceptors (Lipinski definition) is 3. The van der Waals surface area contributed by atoms with Gasteiger partial charge in [0.15, 0.2) is 0 Å². The van der Waals surface area contributed by atoms with Crippen LogP contribution in [0.3, 0.4) is 0 Å². The molecule has 1 amide bonds. The van der Waals surface area contributed by atoms with Gasteiger partial charge in [-0.2, -0.15) is 0 Å². The summed E-state index contributed by atoms with van der Waals surface area (Å²) in [6, 6.07) is 8.62. The molecule has 2 N–H and O–H groups in total. The maximum atomic E-state index is 11.7. The summed E-state index contributed by atoms with van der Waals surface area (Å²) >= 11 is 0. The van der Waals surface area contributed by atoms with Crippen molar-refractivity contribution in [3.05, 3.63) is 29.8 Å². The zero-order valence-electron chi connectivity index (χ0n) is 12.0. The van der Waals surface area contributed by atoms with Gasteiger partial charge in [-0.25, -0.2) is 0 Å². The monoisotopic (exact) mass is 261 g/mol. The Bertz CT molecular complexity index is 441. The van der Waals surface area contributed by atoms with Crippen LogP contribution in [0.5, 0.6) is 0 Å². The number of carbonyl (C=O) groups is 1. The lowest BCUT2D eigenvalue weighted by Crippen LogP contribution is -2.29. The smallest absolute Gasteiger partial charge is 0.219 e. The molecule has 19 heavy (non-hydrogen) atoms. The van der Waals surface area contributed by atoms with E-state index < -0.39 is 0 Å². The zero-order valence-corrected chi connectivity index (χ0v) is 12.0. The Morgan fingerprint density at radius 2 is 2.00 bits per heavy atom. The van der Waals surface area contributed by atoms with Crippen molar-refractivity contribution in [3.8, 4) is 0 Å². The number of anilines is 1. The molecule has 1 saturated heterocycles. The van der Waals surface area contributed by atoms with E-state index in [1.807, 2.05) is 19.0 Å². The molecule has 0 saturated carbocycles. The van der Waals surface area contributed by atoms with Gasteiger partial charge in [0.05, 0.1) is 6.04 Å². The summed E-state index contributed by atoms with van der Waals surface area (Å²) in [4.78, 5) is 15.8. The molecule has 0 spiro atoms. The highest BCUT2D eigenvalue weighted by molar-refractivity contribution is 5.74. The Balaban J connectivity index is 2.21. The van der Waals surface area contributed by atoms with Crippen molar-refractivity contribution in [2.75, 3.05) is 32.1 Å². The number of carbonyl (C=O) groups excluding carboxylic acids is 1. The first-order valence-corrected chi connectivity index (χ1v) is 6.77. The first kappa shape index (κ1) is 13.9. The largest absolute Gasteiger partial charge is 0.378 e. The van der Waals surface area contributed by atoms with Crippen LogP contribution < -0.4 is 10.6 Å². The highest BCUT2D eigenvalue weighted by Gasteiger charge is 2.33. The molecule has 1 aliphatic rings. The Morgan fingerprint density at radius 1 is 1.37 bits per heavy atom. The fourth-order valence-electron chi connectivity index (χ4n) is 2.75. The van der Waals surface area contributed by atoms with E-state index in [4.69, 9.17) is 5.73 Å². The summed E-state index contributed by atoms with van der Waals surface area (Å²) < 4.78 is 0. The number of nitrogens with two attached hydrogens (primary N) is 1. The van der Waals surface area contributed by atoms with Crippen LogP contribution in [0.4, 0.5) is 5.69 Å². The maximum absolute atomic E-state index is 11.7. The third-order valence-electron chi connectivity index (χ3n) is 3.92. The molecular formula is C15H23N3O. The lowest BCUT2D eigenvalue weighted by molar-refractivity contribution is -0.129. The van der Waals surface area contributed by atoms with E-state index in [2.05, 4.69) is 29.2 Å². The second-order valence-corrected chi connectivity index (χ2v) is 5.51. The summed E-state index contributed by atoms with van der Waals surface area (Å²) in [6.07, 6.45) is 0.970. The molecule has 2 rings (SSSR count). The third-order valence-corrected chi connectivity index (χ3v) is 3.92. The minimum Gasteiger partial charge on any atom is -0.378 e. The minimum absolute atomic E-state index is 0.137. The molecule has 4 nitrogen and oxygen atoms in total. The lowest BCUT2D eigenvalue weighted by Gasteiger charge is -2.24. The van der Waals surface area contributed by atoms with Gasteiger partial charge in [0, 0.05) is 33.3 Å². The average molecular weight is 261 g/mol. The van der Waals surface area contributed by atoms with Gasteiger partial charge in [0.1, 0.15) is 0 Å². The Kier molecular flexibility index (Phi) is 4.10. The zero-order chi connectivity index (χ0) is 14.0. The second-order valence-electron chi connectivity index (χ2n) is 5.51. The Hall–Kier alpha value is -1.55. The first-order valence-electron chi connectivity index (χ1n) is 6.77. The molecule has 4 heteroatoms. The van der Waals surface area contributed by atoms with Crippen molar-refractivity contribution in [1.82, 2.24) is 4.90 Å². The molecule has 2 unspecified atom stereocenters. The quantitative estimate of drug-likeness (QED) is 0.899. The Labute approximate surface area is 115 Å². The van der Waals surface area contributed by atoms with Gasteiger partial charge in [-0.1, -0.05) is 12.1 Å². The van der Waals surface area contributed by atoms with Crippen LogP contribution in [0.15, 0.2) is 24.3 Å². The number of nitrogens with zero attached hydrogens (tertiary/aromatic N) is 2. The minimum atomic E-state index is 0.137. The van der Waals surface area contributed by atoms with E-state index in [1.54, 1.807) is 6.92 Å². The third kappa shape index (κ3) is 2.89. The summed E-state index contributed by atoms with van der Waals surface area (Å²) in [5.74, 6) is 0.556. The average Bonchev–Trinajstić information content (AvgIpc) is 2.83. The summed E-state index contributed by atoms with van der Waals surface area (Å²) in [6.45, 7) is 3.07. The van der Waals surface area contributed by atoms with Crippen LogP contribution in [0.1, 0.15) is 24.9 Å². The number of rotatable bonds is 3. The van der Waals surface area contributed by atoms with Crippen LogP contribution in [0.2, 0.25) is 0 Å². The highest BCUT2D eigenvalue weighted by Crippen LogP contribution is 2.35. The topological polar surface area (TPSA) is 49.6 Å². The molecule has 1 heterocycles. The van der Waals surface area contributed by atoms with Crippen LogP contribution in [-0.2, 0) is 4.79 Å². The summed E-state index contributed by atoms with van der Waals surface area (Å²) in [5, 5.41) is 0. The van der Waals surface area contributed by atoms with E-state index in [-0.39, 0.29) is 11.9 Å². The van der Waals surface area contributed by atoms with Gasteiger partial charge in [0.2, 0.25) is 5.91 Å². The van der Waals surface area contributed by atoms with Crippen molar-refractivity contribution >= 4 is 11.6 Å². The lowest BCUT2D eigenvalue weighted by atomic mass is 9.99. The second kappa shape index (κ2) is 5.61. The van der Waals surface area contributed by atoms with Crippen molar-refractivity contribution in [2.24, 2.45) is 11.7 Å². The predicted octanol–water partition coefficient (Wildman–Crippen LogP) is 1.62. The fraction of sp³-hybridized carbons (Fsp3) is 0.533. The molecule has 0 bridgehead atoms. The van der Waals surface area contributed by atoms with Crippen molar-refractivity contribution in [1.29, 1.82) is 0 Å². The van der Waals surface area contributed by atoms with Crippen LogP contribution in [-0.4, -0.2) is 38.0 Å². The van der Waals surface area contributed by atoms with Crippen molar-refractivity contribution in [3.63, 3.8) is 0 Å². The molecule has 1 aromatic carbocycles. The SMILES string of the molecule is CC(=O)N1CC(CN)CC1c1ccc(N(C)C)cc1. The number of amides is 1. The standard InChI is InChI=1S/C15H23N3O/c1-11(19)18-10-12(9-16)8-15(18)13-4-6-14(7-5-13)17(2)3/h4-7,12,15H,8-10,16H2,1-3H3. The maximum Gasteiger partial charge on any atom is 0.219 e. The molecule has 0 radical (unpaired) electrons. The van der Waals surface area contributed by atoms with Crippen molar-refractivity contribution in [2.45, 2.75) is 19.4 Å². The molecule has 0 aromatic heterocycles. The van der Waals surface area contributed by atoms with Gasteiger partial charge >= 0.3 is 0 Å². The summed E-state index contributed by atoms with van der Waals surface area (Å²) in [5.41, 5.74) is 8.13. The van der Waals surface area contributed by atoms with Crippen LogP contribution in [0, 0.1) is 5.92 Å². The van der Waals surface area contributed by atoms with Crippen molar-refractivity contribution < 1.29 is 4.79 Å². The van der Waals surface area contributed by atoms with Gasteiger partial charge in [-0.15, -0.1) is 0 Å². The van der Waals surface area contributed by atoms with E-state index >= 15 is 0 Å². The highest BCUT2D eigenvalue weighted by atomic mass is 16.2. The molecule has 1 aliphatic heterocycles. The van der Waals surface area contributed by atoms with E-state index in [1.165, 1.54) is 11.3 Å². The predicted molar refractivity (Wildman–Crippen MR) is 78.1 cm³/mol. The van der Waals surface area contributed by atoms with E-state index in [0.717, 1.165) is 13.0 Å². The molecule has 104 valence electrons. The van der Waals surface area contributed by atoms with Gasteiger partial charge < -0.3 is 15.5 Å². The molecule has 1 fully saturated rings. The van der Waals surface area contributed by atoms with Gasteiger partial charge in [-0.3, -0.25) is 4.79 Å². The molecule has 1 aromatic rings. The van der Waals surface area contributed by atoms with Crippen LogP contribution in [0.25, 0.3) is 0 Å². The van der Waals surface area contributed by atoms with E-state index in [9.17, 15) is 4.79 Å².